The van der Waals surface area contributed by atoms with E-state index in [1.807, 2.05) is 0 Å². The number of carbonyl (C=O) groups is 2. The Hall–Kier alpha value is -0.698. The molecule has 2 heterocycles. The molecule has 0 amide bonds. The van der Waals surface area contributed by atoms with E-state index in [-0.39, 0.29) is 0 Å². The predicted molar refractivity (Wildman–Crippen MR) is 42.8 cm³/mol. The van der Waals surface area contributed by atoms with Gasteiger partial charge in [-0.2, -0.15) is 0 Å². The van der Waals surface area contributed by atoms with Crippen LogP contribution in [0.3, 0.4) is 0 Å². The Kier molecular flexibility index (Phi) is 1.51. The van der Waals surface area contributed by atoms with E-state index in [9.17, 15) is 9.59 Å². The van der Waals surface area contributed by atoms with Crippen molar-refractivity contribution in [3.05, 3.63) is 24.3 Å². The van der Waals surface area contributed by atoms with Gasteiger partial charge in [0.25, 0.3) is 0 Å². The normalized spacial score (nSPS) is 43.1. The van der Waals surface area contributed by atoms with Crippen LogP contribution in [-0.4, -0.2) is 48.3 Å². The maximum absolute atomic E-state index is 11.5. The molecule has 2 atom stereocenters. The fourth-order valence-corrected chi connectivity index (χ4v) is 3.63. The molecule has 3 aliphatic rings. The van der Waals surface area contributed by atoms with Crippen molar-refractivity contribution in [2.45, 2.75) is 11.2 Å². The molecule has 2 radical (unpaired) electrons. The second kappa shape index (κ2) is 2.45. The third-order valence-corrected chi connectivity index (χ3v) is 4.57. The van der Waals surface area contributed by atoms with E-state index in [1.165, 1.54) is 0 Å². The van der Waals surface area contributed by atoms with Gasteiger partial charge in [-0.15, -0.1) is 0 Å². The topological polar surface area (TPSA) is 65.1 Å². The first kappa shape index (κ1) is 8.60. The molecule has 0 aromatic rings. The van der Waals surface area contributed by atoms with Gasteiger partial charge in [0.15, 0.2) is 0 Å². The van der Waals surface area contributed by atoms with Crippen LogP contribution in [0.2, 0.25) is 0 Å². The molecular weight excluding hydrogens is 383 g/mol. The van der Waals surface area contributed by atoms with Gasteiger partial charge < -0.3 is 0 Å². The number of ether oxygens (including phenoxy) is 1. The van der Waals surface area contributed by atoms with E-state index >= 15 is 0 Å². The quantitative estimate of drug-likeness (QED) is 0.405. The number of epoxide rings is 1. The van der Waals surface area contributed by atoms with Crippen LogP contribution in [0.5, 0.6) is 0 Å². The fourth-order valence-electron chi connectivity index (χ4n) is 1.70. The van der Waals surface area contributed by atoms with Gasteiger partial charge in [-0.25, -0.2) is 0 Å². The first-order valence-corrected chi connectivity index (χ1v) is 7.13. The van der Waals surface area contributed by atoms with Gasteiger partial charge in [-0.1, -0.05) is 0 Å². The summed E-state index contributed by atoms with van der Waals surface area (Å²) in [6.45, 7) is 0. The average Bonchev–Trinajstić information content (AvgIpc) is 2.89. The van der Waals surface area contributed by atoms with Crippen molar-refractivity contribution in [1.29, 1.82) is 0 Å². The van der Waals surface area contributed by atoms with E-state index < -0.39 is 48.3 Å². The van der Waals surface area contributed by atoms with Crippen molar-refractivity contribution in [2.75, 3.05) is 0 Å². The third-order valence-electron chi connectivity index (χ3n) is 2.48. The molecule has 0 bridgehead atoms. The van der Waals surface area contributed by atoms with Gasteiger partial charge in [0.2, 0.25) is 0 Å². The summed E-state index contributed by atoms with van der Waals surface area (Å²) in [6, 6.07) is 0. The third kappa shape index (κ3) is 0.777. The average molecular weight is 387 g/mol. The second-order valence-corrected chi connectivity index (χ2v) is 5.39. The van der Waals surface area contributed by atoms with Crippen LogP contribution in [0.15, 0.2) is 24.3 Å². The molecule has 3 rings (SSSR count). The zero-order chi connectivity index (χ0) is 9.81. The Morgan fingerprint density at radius 3 is 2.00 bits per heavy atom. The standard InChI is InChI=1S/C8H6O5.Pb/c9-5(10)7-3-1-2-4-8(7,13-7)6(11)12;/h1-4H,(H,9,10)(H,11,12);/q;+2/p-2. The molecule has 2 saturated heterocycles. The number of allylic oxidation sites excluding steroid dienone is 2. The van der Waals surface area contributed by atoms with Crippen LogP contribution >= 0.6 is 0 Å². The molecule has 70 valence electrons. The Morgan fingerprint density at radius 2 is 1.50 bits per heavy atom. The summed E-state index contributed by atoms with van der Waals surface area (Å²) in [5.41, 5.74) is -2.44. The van der Waals surface area contributed by atoms with Crippen molar-refractivity contribution in [3.8, 4) is 0 Å². The Balaban J connectivity index is 2.14. The Morgan fingerprint density at radius 1 is 1.00 bits per heavy atom. The van der Waals surface area contributed by atoms with Crippen LogP contribution in [0.25, 0.3) is 0 Å². The minimum atomic E-state index is -2.01. The molecule has 6 heteroatoms. The molecule has 2 unspecified atom stereocenters. The van der Waals surface area contributed by atoms with Gasteiger partial charge in [-0.05, 0) is 0 Å². The predicted octanol–water partition coefficient (Wildman–Crippen LogP) is -0.746. The summed E-state index contributed by atoms with van der Waals surface area (Å²) < 4.78 is 15.0. The molecule has 2 fully saturated rings. The van der Waals surface area contributed by atoms with E-state index in [1.54, 1.807) is 24.3 Å². The molecule has 2 aliphatic heterocycles. The number of carbonyl (C=O) groups excluding carboxylic acids is 2. The monoisotopic (exact) mass is 388 g/mol. The van der Waals surface area contributed by atoms with Crippen LogP contribution in [0.1, 0.15) is 0 Å². The zero-order valence-corrected chi connectivity index (χ0v) is 10.7. The summed E-state index contributed by atoms with van der Waals surface area (Å²) in [6.07, 6.45) is 6.42. The number of hydrogen-bond acceptors (Lipinski definition) is 5. The molecule has 0 aromatic carbocycles. The van der Waals surface area contributed by atoms with Crippen LogP contribution in [0.4, 0.5) is 0 Å². The van der Waals surface area contributed by atoms with Crippen LogP contribution in [-0.2, 0) is 19.7 Å². The molecule has 14 heavy (non-hydrogen) atoms. The number of rotatable bonds is 0. The Bertz CT molecular complexity index is 365. The maximum atomic E-state index is 11.5. The van der Waals surface area contributed by atoms with Crippen molar-refractivity contribution in [2.24, 2.45) is 0 Å². The fraction of sp³-hybridized carbons (Fsp3) is 0.250. The van der Waals surface area contributed by atoms with Gasteiger partial charge >= 0.3 is 92.3 Å². The van der Waals surface area contributed by atoms with E-state index in [4.69, 9.17) is 10.1 Å². The summed E-state index contributed by atoms with van der Waals surface area (Å²) in [5.74, 6) is -0.987. The molecule has 0 N–H and O–H groups in total. The van der Waals surface area contributed by atoms with Crippen molar-refractivity contribution in [1.82, 2.24) is 0 Å². The minimum absolute atomic E-state index is 0.493. The van der Waals surface area contributed by atoms with Gasteiger partial charge in [0.1, 0.15) is 0 Å². The second-order valence-electron chi connectivity index (χ2n) is 3.15. The van der Waals surface area contributed by atoms with E-state index in [0.29, 0.717) is 0 Å². The summed E-state index contributed by atoms with van der Waals surface area (Å²) in [5, 5.41) is 0. The van der Waals surface area contributed by atoms with Crippen molar-refractivity contribution < 1.29 is 19.7 Å². The molecule has 0 spiro atoms. The van der Waals surface area contributed by atoms with E-state index in [2.05, 4.69) is 0 Å². The van der Waals surface area contributed by atoms with Crippen molar-refractivity contribution in [3.63, 3.8) is 0 Å². The molecule has 5 nitrogen and oxygen atoms in total. The molecular formula is C8H4O5Pb. The Labute approximate surface area is 92.2 Å². The molecule has 0 aromatic heterocycles. The molecule has 0 saturated carbocycles. The van der Waals surface area contributed by atoms with Gasteiger partial charge in [0.05, 0.1) is 0 Å². The zero-order valence-electron chi connectivity index (χ0n) is 6.85. The molecule has 1 aliphatic carbocycles. The summed E-state index contributed by atoms with van der Waals surface area (Å²) in [4.78, 5) is 23.1. The first-order chi connectivity index (χ1) is 6.71. The number of hydrogen-bond donors (Lipinski definition) is 0. The van der Waals surface area contributed by atoms with Crippen molar-refractivity contribution >= 4 is 37.1 Å². The first-order valence-electron chi connectivity index (χ1n) is 3.96. The van der Waals surface area contributed by atoms with Gasteiger partial charge in [0, 0.05) is 0 Å². The van der Waals surface area contributed by atoms with Gasteiger partial charge in [-0.3, -0.25) is 0 Å². The van der Waals surface area contributed by atoms with E-state index in [0.717, 1.165) is 0 Å². The summed E-state index contributed by atoms with van der Waals surface area (Å²) in [7, 11) is 0. The van der Waals surface area contributed by atoms with Crippen LogP contribution < -0.4 is 0 Å². The van der Waals surface area contributed by atoms with Crippen LogP contribution in [0, 0.1) is 0 Å². The summed E-state index contributed by atoms with van der Waals surface area (Å²) >= 11 is -2.01. The SMILES string of the molecule is O=C1[O][Pb][O]C(=O)C23C=CC=CC12O3.